The highest BCUT2D eigenvalue weighted by Gasteiger charge is 2.38. The first-order valence-corrected chi connectivity index (χ1v) is 13.4. The second-order valence-corrected chi connectivity index (χ2v) is 11.1. The van der Waals surface area contributed by atoms with Crippen molar-refractivity contribution in [2.45, 2.75) is 43.8 Å². The zero-order valence-electron chi connectivity index (χ0n) is 20.1. The molecule has 0 saturated carbocycles. The second-order valence-electron chi connectivity index (χ2n) is 9.03. The maximum absolute atomic E-state index is 14.0. The van der Waals surface area contributed by atoms with Crippen LogP contribution in [0.1, 0.15) is 39.9 Å². The van der Waals surface area contributed by atoms with E-state index in [0.717, 1.165) is 23.3 Å². The van der Waals surface area contributed by atoms with Gasteiger partial charge < -0.3 is 4.90 Å². The molecule has 4 rings (SSSR count). The number of benzene rings is 2. The summed E-state index contributed by atoms with van der Waals surface area (Å²) < 4.78 is 70.7. The minimum Gasteiger partial charge on any atom is -0.338 e. The van der Waals surface area contributed by atoms with Crippen LogP contribution in [0.3, 0.4) is 0 Å². The van der Waals surface area contributed by atoms with Crippen molar-refractivity contribution in [3.05, 3.63) is 82.1 Å². The van der Waals surface area contributed by atoms with Crippen LogP contribution in [0.25, 0.3) is 11.1 Å². The van der Waals surface area contributed by atoms with E-state index in [-0.39, 0.29) is 37.0 Å². The smallest absolute Gasteiger partial charge is 0.338 e. The number of aromatic nitrogens is 1. The van der Waals surface area contributed by atoms with Crippen LogP contribution in [0.2, 0.25) is 5.15 Å². The molecule has 2 aromatic carbocycles. The summed E-state index contributed by atoms with van der Waals surface area (Å²) >= 11 is 5.75. The second kappa shape index (κ2) is 10.4. The largest absolute Gasteiger partial charge is 0.417 e. The van der Waals surface area contributed by atoms with E-state index in [9.17, 15) is 26.4 Å². The van der Waals surface area contributed by atoms with Gasteiger partial charge >= 0.3 is 6.18 Å². The third-order valence-corrected chi connectivity index (χ3v) is 8.22. The van der Waals surface area contributed by atoms with Crippen LogP contribution in [0.5, 0.6) is 0 Å². The van der Waals surface area contributed by atoms with Crippen molar-refractivity contribution in [2.24, 2.45) is 0 Å². The lowest BCUT2D eigenvalue weighted by molar-refractivity contribution is -0.139. The van der Waals surface area contributed by atoms with Gasteiger partial charge in [-0.05, 0) is 73.2 Å². The number of halogens is 4. The third kappa shape index (κ3) is 5.97. The van der Waals surface area contributed by atoms with E-state index < -0.39 is 32.7 Å². The van der Waals surface area contributed by atoms with Crippen molar-refractivity contribution in [1.82, 2.24) is 14.6 Å². The topological polar surface area (TPSA) is 79.4 Å². The van der Waals surface area contributed by atoms with E-state index in [0.29, 0.717) is 16.7 Å². The number of carbonyl (C=O) groups excluding carboxylic acids is 1. The first-order valence-electron chi connectivity index (χ1n) is 11.6. The van der Waals surface area contributed by atoms with Crippen LogP contribution in [0.15, 0.2) is 59.6 Å². The molecule has 196 valence electrons. The van der Waals surface area contributed by atoms with Crippen LogP contribution in [-0.2, 0) is 16.2 Å². The Morgan fingerprint density at radius 1 is 1.05 bits per heavy atom. The standard InChI is InChI=1S/C26H25ClF3N3O3S/c1-16-4-3-5-17(2)24(16)18-6-8-22(21(14-18)26(28,29)30)37(35,36)32-20-10-12-33(13-11-20)25(34)19-7-9-23(27)31-15-19/h3-9,14-15,20,32H,10-13H2,1-2H3. The number of sulfonamides is 1. The number of hydrogen-bond acceptors (Lipinski definition) is 4. The van der Waals surface area contributed by atoms with E-state index >= 15 is 0 Å². The van der Waals surface area contributed by atoms with Crippen molar-refractivity contribution in [3.63, 3.8) is 0 Å². The van der Waals surface area contributed by atoms with Crippen LogP contribution in [0.4, 0.5) is 13.2 Å². The Hall–Kier alpha value is -2.95. The monoisotopic (exact) mass is 551 g/mol. The number of likely N-dealkylation sites (tertiary alicyclic amines) is 1. The first-order chi connectivity index (χ1) is 17.4. The molecule has 1 amide bonds. The molecule has 2 heterocycles. The van der Waals surface area contributed by atoms with Crippen LogP contribution < -0.4 is 4.72 Å². The maximum Gasteiger partial charge on any atom is 0.417 e. The van der Waals surface area contributed by atoms with Gasteiger partial charge in [0.25, 0.3) is 5.91 Å². The number of pyridine rings is 1. The van der Waals surface area contributed by atoms with E-state index in [4.69, 9.17) is 11.6 Å². The summed E-state index contributed by atoms with van der Waals surface area (Å²) in [7, 11) is -4.49. The molecule has 1 aliphatic rings. The van der Waals surface area contributed by atoms with Crippen LogP contribution in [0, 0.1) is 13.8 Å². The molecule has 0 aliphatic carbocycles. The SMILES string of the molecule is Cc1cccc(C)c1-c1ccc(S(=O)(=O)NC2CCN(C(=O)c3ccc(Cl)nc3)CC2)c(C(F)(F)F)c1. The molecule has 0 spiro atoms. The zero-order valence-corrected chi connectivity index (χ0v) is 21.7. The third-order valence-electron chi connectivity index (χ3n) is 6.42. The first kappa shape index (κ1) is 27.1. The Bertz CT molecular complexity index is 1400. The molecule has 1 saturated heterocycles. The van der Waals surface area contributed by atoms with Gasteiger partial charge in [-0.3, -0.25) is 4.79 Å². The molecule has 11 heteroatoms. The number of piperidine rings is 1. The van der Waals surface area contributed by atoms with Crippen molar-refractivity contribution >= 4 is 27.5 Å². The average Bonchev–Trinajstić information content (AvgIpc) is 2.83. The molecule has 0 bridgehead atoms. The summed E-state index contributed by atoms with van der Waals surface area (Å²) in [6, 6.07) is 11.1. The Kier molecular flexibility index (Phi) is 7.64. The molecule has 1 aliphatic heterocycles. The van der Waals surface area contributed by atoms with Crippen LogP contribution in [-0.4, -0.2) is 43.3 Å². The predicted octanol–water partition coefficient (Wildman–Crippen LogP) is 5.62. The number of aryl methyl sites for hydroxylation is 2. The Morgan fingerprint density at radius 3 is 2.27 bits per heavy atom. The van der Waals surface area contributed by atoms with Gasteiger partial charge in [0.05, 0.1) is 16.0 Å². The van der Waals surface area contributed by atoms with Gasteiger partial charge in [-0.25, -0.2) is 18.1 Å². The van der Waals surface area contributed by atoms with Crippen molar-refractivity contribution in [2.75, 3.05) is 13.1 Å². The van der Waals surface area contributed by atoms with E-state index in [1.165, 1.54) is 18.3 Å². The van der Waals surface area contributed by atoms with Gasteiger partial charge in [-0.2, -0.15) is 13.2 Å². The van der Waals surface area contributed by atoms with E-state index in [1.54, 1.807) is 36.9 Å². The lowest BCUT2D eigenvalue weighted by atomic mass is 9.94. The lowest BCUT2D eigenvalue weighted by Gasteiger charge is -2.32. The fourth-order valence-electron chi connectivity index (χ4n) is 4.58. The highest BCUT2D eigenvalue weighted by molar-refractivity contribution is 7.89. The number of rotatable bonds is 5. The highest BCUT2D eigenvalue weighted by atomic mass is 35.5. The van der Waals surface area contributed by atoms with Gasteiger partial charge in [-0.15, -0.1) is 0 Å². The Morgan fingerprint density at radius 2 is 1.70 bits per heavy atom. The summed E-state index contributed by atoms with van der Waals surface area (Å²) in [6.45, 7) is 4.07. The van der Waals surface area contributed by atoms with Gasteiger partial charge in [0, 0.05) is 25.3 Å². The van der Waals surface area contributed by atoms with Gasteiger partial charge in [-0.1, -0.05) is 35.9 Å². The molecule has 1 fully saturated rings. The number of nitrogens with zero attached hydrogens (tertiary/aromatic N) is 2. The normalized spacial score (nSPS) is 15.1. The average molecular weight is 552 g/mol. The number of nitrogens with one attached hydrogen (secondary N) is 1. The summed E-state index contributed by atoms with van der Waals surface area (Å²) in [5.74, 6) is -0.271. The van der Waals surface area contributed by atoms with Crippen molar-refractivity contribution in [3.8, 4) is 11.1 Å². The number of hydrogen-bond donors (Lipinski definition) is 1. The number of amides is 1. The molecule has 3 aromatic rings. The molecule has 37 heavy (non-hydrogen) atoms. The predicted molar refractivity (Wildman–Crippen MR) is 135 cm³/mol. The van der Waals surface area contributed by atoms with E-state index in [2.05, 4.69) is 9.71 Å². The van der Waals surface area contributed by atoms with E-state index in [1.807, 2.05) is 6.07 Å². The molecular formula is C26H25ClF3N3O3S. The minimum absolute atomic E-state index is 0.242. The van der Waals surface area contributed by atoms with Crippen molar-refractivity contribution < 1.29 is 26.4 Å². The summed E-state index contributed by atoms with van der Waals surface area (Å²) in [6.07, 6.45) is -3.00. The minimum atomic E-state index is -4.88. The molecule has 1 aromatic heterocycles. The van der Waals surface area contributed by atoms with Crippen molar-refractivity contribution in [1.29, 1.82) is 0 Å². The number of alkyl halides is 3. The molecule has 0 atom stereocenters. The fourth-order valence-corrected chi connectivity index (χ4v) is 6.20. The maximum atomic E-state index is 14.0. The molecule has 6 nitrogen and oxygen atoms in total. The van der Waals surface area contributed by atoms with Gasteiger partial charge in [0.1, 0.15) is 5.15 Å². The zero-order chi connectivity index (χ0) is 27.0. The van der Waals surface area contributed by atoms with Crippen LogP contribution >= 0.6 is 11.6 Å². The summed E-state index contributed by atoms with van der Waals surface area (Å²) in [4.78, 5) is 17.3. The molecular weight excluding hydrogens is 527 g/mol. The molecule has 0 unspecified atom stereocenters. The lowest BCUT2D eigenvalue weighted by Crippen LogP contribution is -2.46. The fraction of sp³-hybridized carbons (Fsp3) is 0.308. The Balaban J connectivity index is 1.53. The Labute approximate surface area is 218 Å². The molecule has 0 radical (unpaired) electrons. The highest BCUT2D eigenvalue weighted by Crippen LogP contribution is 2.38. The summed E-state index contributed by atoms with van der Waals surface area (Å²) in [5.41, 5.74) is 1.64. The van der Waals surface area contributed by atoms with Gasteiger partial charge in [0.2, 0.25) is 10.0 Å². The van der Waals surface area contributed by atoms with Gasteiger partial charge in [0.15, 0.2) is 0 Å². The molecule has 1 N–H and O–H groups in total. The quantitative estimate of drug-likeness (QED) is 0.417. The number of carbonyl (C=O) groups is 1. The summed E-state index contributed by atoms with van der Waals surface area (Å²) in [5, 5.41) is 0.255.